The standard InChI is InChI=1S/C17H19N3O2/c1-4-9-22-14-8-6-5-7-12(14)13-10-15(21)18-17-16(13)11(2)19-20(17)3/h4-8,13H,1,9-10H2,2-3H3,(H,18,21). The Kier molecular flexibility index (Phi) is 3.71. The summed E-state index contributed by atoms with van der Waals surface area (Å²) in [5.74, 6) is 1.52. The van der Waals surface area contributed by atoms with Gasteiger partial charge in [0.25, 0.3) is 0 Å². The zero-order valence-corrected chi connectivity index (χ0v) is 12.8. The number of aromatic nitrogens is 2. The third-order valence-corrected chi connectivity index (χ3v) is 3.92. The molecule has 1 N–H and O–H groups in total. The number of hydrogen-bond acceptors (Lipinski definition) is 3. The van der Waals surface area contributed by atoms with E-state index >= 15 is 0 Å². The quantitative estimate of drug-likeness (QED) is 0.883. The van der Waals surface area contributed by atoms with Gasteiger partial charge in [0.05, 0.1) is 5.69 Å². The first kappa shape index (κ1) is 14.4. The van der Waals surface area contributed by atoms with Crippen LogP contribution < -0.4 is 10.1 Å². The molecule has 1 atom stereocenters. The first-order chi connectivity index (χ1) is 10.6. The van der Waals surface area contributed by atoms with Crippen LogP contribution in [0.3, 0.4) is 0 Å². The van der Waals surface area contributed by atoms with Crippen molar-refractivity contribution < 1.29 is 9.53 Å². The van der Waals surface area contributed by atoms with Crippen molar-refractivity contribution in [3.8, 4) is 5.75 Å². The number of rotatable bonds is 4. The zero-order chi connectivity index (χ0) is 15.7. The summed E-state index contributed by atoms with van der Waals surface area (Å²) in [5, 5.41) is 7.36. The Morgan fingerprint density at radius 2 is 2.27 bits per heavy atom. The monoisotopic (exact) mass is 297 g/mol. The van der Waals surface area contributed by atoms with Crippen molar-refractivity contribution in [1.82, 2.24) is 9.78 Å². The van der Waals surface area contributed by atoms with Crippen molar-refractivity contribution in [2.45, 2.75) is 19.3 Å². The first-order valence-electron chi connectivity index (χ1n) is 7.27. The minimum absolute atomic E-state index is 0.000904. The number of nitrogens with zero attached hydrogens (tertiary/aromatic N) is 2. The molecule has 1 aromatic heterocycles. The number of aryl methyl sites for hydroxylation is 2. The molecule has 0 spiro atoms. The van der Waals surface area contributed by atoms with E-state index in [0.29, 0.717) is 13.0 Å². The molecule has 114 valence electrons. The Hall–Kier alpha value is -2.56. The van der Waals surface area contributed by atoms with E-state index in [1.807, 2.05) is 38.2 Å². The number of ether oxygens (including phenoxy) is 1. The topological polar surface area (TPSA) is 56.1 Å². The zero-order valence-electron chi connectivity index (χ0n) is 12.8. The molecule has 0 aliphatic carbocycles. The van der Waals surface area contributed by atoms with Gasteiger partial charge < -0.3 is 10.1 Å². The third-order valence-electron chi connectivity index (χ3n) is 3.92. The predicted octanol–water partition coefficient (Wildman–Crippen LogP) is 2.77. The van der Waals surface area contributed by atoms with Gasteiger partial charge in [-0.05, 0) is 13.0 Å². The second-order valence-corrected chi connectivity index (χ2v) is 5.41. The van der Waals surface area contributed by atoms with Gasteiger partial charge in [-0.25, -0.2) is 0 Å². The van der Waals surface area contributed by atoms with E-state index in [9.17, 15) is 4.79 Å². The van der Waals surface area contributed by atoms with E-state index in [0.717, 1.165) is 28.4 Å². The summed E-state index contributed by atoms with van der Waals surface area (Å²) in [5.41, 5.74) is 3.01. The lowest BCUT2D eigenvalue weighted by Crippen LogP contribution is -2.25. The molecule has 2 heterocycles. The fourth-order valence-electron chi connectivity index (χ4n) is 3.02. The minimum atomic E-state index is -0.0431. The Morgan fingerprint density at radius 1 is 1.50 bits per heavy atom. The molecule has 1 aliphatic heterocycles. The molecule has 1 aliphatic rings. The molecule has 0 radical (unpaired) electrons. The number of amides is 1. The highest BCUT2D eigenvalue weighted by Gasteiger charge is 2.32. The highest BCUT2D eigenvalue weighted by Crippen LogP contribution is 2.41. The Morgan fingerprint density at radius 3 is 3.05 bits per heavy atom. The molecular formula is C17H19N3O2. The molecule has 22 heavy (non-hydrogen) atoms. The van der Waals surface area contributed by atoms with Crippen LogP contribution in [0.5, 0.6) is 5.75 Å². The van der Waals surface area contributed by atoms with Gasteiger partial charge in [-0.15, -0.1) is 0 Å². The summed E-state index contributed by atoms with van der Waals surface area (Å²) >= 11 is 0. The van der Waals surface area contributed by atoms with E-state index in [1.165, 1.54) is 0 Å². The molecular weight excluding hydrogens is 278 g/mol. The second-order valence-electron chi connectivity index (χ2n) is 5.41. The van der Waals surface area contributed by atoms with Crippen LogP contribution in [0, 0.1) is 6.92 Å². The molecule has 3 rings (SSSR count). The molecule has 0 saturated heterocycles. The van der Waals surface area contributed by atoms with Crippen LogP contribution in [0.25, 0.3) is 0 Å². The highest BCUT2D eigenvalue weighted by atomic mass is 16.5. The number of carbonyl (C=O) groups excluding carboxylic acids is 1. The number of hydrogen-bond donors (Lipinski definition) is 1. The van der Waals surface area contributed by atoms with E-state index in [1.54, 1.807) is 10.8 Å². The number of benzene rings is 1. The summed E-state index contributed by atoms with van der Waals surface area (Å²) < 4.78 is 7.48. The fourth-order valence-corrected chi connectivity index (χ4v) is 3.02. The number of para-hydroxylation sites is 1. The van der Waals surface area contributed by atoms with E-state index in [4.69, 9.17) is 4.74 Å². The molecule has 0 fully saturated rings. The van der Waals surface area contributed by atoms with E-state index in [2.05, 4.69) is 17.0 Å². The Labute approximate surface area is 129 Å². The molecule has 0 bridgehead atoms. The summed E-state index contributed by atoms with van der Waals surface area (Å²) in [6.45, 7) is 6.09. The van der Waals surface area contributed by atoms with E-state index < -0.39 is 0 Å². The number of anilines is 1. The molecule has 1 aromatic carbocycles. The molecule has 2 aromatic rings. The van der Waals surface area contributed by atoms with Gasteiger partial charge in [-0.1, -0.05) is 30.9 Å². The van der Waals surface area contributed by atoms with Crippen molar-refractivity contribution >= 4 is 11.7 Å². The van der Waals surface area contributed by atoms with Crippen LogP contribution in [-0.2, 0) is 11.8 Å². The Bertz CT molecular complexity index is 734. The highest BCUT2D eigenvalue weighted by molar-refractivity contribution is 5.94. The number of carbonyl (C=O) groups is 1. The number of fused-ring (bicyclic) bond motifs is 1. The van der Waals surface area contributed by atoms with Gasteiger partial charge in [0.1, 0.15) is 18.2 Å². The average molecular weight is 297 g/mol. The van der Waals surface area contributed by atoms with Crippen LogP contribution in [0.4, 0.5) is 5.82 Å². The van der Waals surface area contributed by atoms with Gasteiger partial charge in [-0.3, -0.25) is 9.48 Å². The van der Waals surface area contributed by atoms with Crippen molar-refractivity contribution in [3.63, 3.8) is 0 Å². The summed E-state index contributed by atoms with van der Waals surface area (Å²) in [6.07, 6.45) is 2.11. The predicted molar refractivity (Wildman–Crippen MR) is 85.2 cm³/mol. The maximum atomic E-state index is 12.1. The maximum absolute atomic E-state index is 12.1. The smallest absolute Gasteiger partial charge is 0.226 e. The van der Waals surface area contributed by atoms with Crippen LogP contribution in [0.15, 0.2) is 36.9 Å². The molecule has 5 heteroatoms. The normalized spacial score (nSPS) is 16.8. The van der Waals surface area contributed by atoms with Crippen molar-refractivity contribution in [2.75, 3.05) is 11.9 Å². The molecule has 1 unspecified atom stereocenters. The lowest BCUT2D eigenvalue weighted by atomic mass is 9.85. The lowest BCUT2D eigenvalue weighted by Gasteiger charge is -2.25. The summed E-state index contributed by atoms with van der Waals surface area (Å²) in [7, 11) is 1.84. The SMILES string of the molecule is C=CCOc1ccccc1C1CC(=O)Nc2c1c(C)nn2C. The van der Waals surface area contributed by atoms with Gasteiger partial charge in [-0.2, -0.15) is 5.10 Å². The van der Waals surface area contributed by atoms with Crippen LogP contribution in [0.1, 0.15) is 29.2 Å². The van der Waals surface area contributed by atoms with E-state index in [-0.39, 0.29) is 11.8 Å². The third kappa shape index (κ3) is 2.39. The average Bonchev–Trinajstić information content (AvgIpc) is 2.79. The van der Waals surface area contributed by atoms with Gasteiger partial charge in [0.2, 0.25) is 5.91 Å². The van der Waals surface area contributed by atoms with Crippen molar-refractivity contribution in [1.29, 1.82) is 0 Å². The van der Waals surface area contributed by atoms with Crippen LogP contribution in [0.2, 0.25) is 0 Å². The fraction of sp³-hybridized carbons (Fsp3) is 0.294. The summed E-state index contributed by atoms with van der Waals surface area (Å²) in [6, 6.07) is 7.84. The van der Waals surface area contributed by atoms with Crippen molar-refractivity contribution in [3.05, 3.63) is 53.7 Å². The van der Waals surface area contributed by atoms with Gasteiger partial charge >= 0.3 is 0 Å². The first-order valence-corrected chi connectivity index (χ1v) is 7.27. The molecule has 0 saturated carbocycles. The largest absolute Gasteiger partial charge is 0.489 e. The second kappa shape index (κ2) is 5.67. The van der Waals surface area contributed by atoms with Gasteiger partial charge in [0.15, 0.2) is 0 Å². The molecule has 5 nitrogen and oxygen atoms in total. The Balaban J connectivity index is 2.10. The molecule has 1 amide bonds. The van der Waals surface area contributed by atoms with Gasteiger partial charge in [0, 0.05) is 30.5 Å². The van der Waals surface area contributed by atoms with Crippen LogP contribution in [-0.4, -0.2) is 22.3 Å². The van der Waals surface area contributed by atoms with Crippen LogP contribution >= 0.6 is 0 Å². The number of nitrogens with one attached hydrogen (secondary N) is 1. The minimum Gasteiger partial charge on any atom is -0.489 e. The summed E-state index contributed by atoms with van der Waals surface area (Å²) in [4.78, 5) is 12.1. The lowest BCUT2D eigenvalue weighted by molar-refractivity contribution is -0.116. The van der Waals surface area contributed by atoms with Crippen molar-refractivity contribution in [2.24, 2.45) is 7.05 Å². The maximum Gasteiger partial charge on any atom is 0.226 e.